The van der Waals surface area contributed by atoms with E-state index < -0.39 is 5.91 Å². The van der Waals surface area contributed by atoms with Gasteiger partial charge in [0.25, 0.3) is 11.8 Å². The van der Waals surface area contributed by atoms with E-state index in [1.165, 1.54) is 22.7 Å². The molecule has 0 aliphatic rings. The van der Waals surface area contributed by atoms with Crippen LogP contribution < -0.4 is 11.1 Å². The summed E-state index contributed by atoms with van der Waals surface area (Å²) in [5, 5.41) is 3.24. The van der Waals surface area contributed by atoms with Crippen LogP contribution in [-0.2, 0) is 0 Å². The van der Waals surface area contributed by atoms with Crippen molar-refractivity contribution in [1.29, 1.82) is 0 Å². The monoisotopic (exact) mass is 406 g/mol. The molecule has 3 N–H and O–H groups in total. The number of hydrogen-bond acceptors (Lipinski definition) is 4. The summed E-state index contributed by atoms with van der Waals surface area (Å²) < 4.78 is 0.869. The highest BCUT2D eigenvalue weighted by Crippen LogP contribution is 2.35. The average molecular weight is 407 g/mol. The van der Waals surface area contributed by atoms with Crippen molar-refractivity contribution in [2.24, 2.45) is 5.73 Å². The fourth-order valence-corrected chi connectivity index (χ4v) is 4.36. The van der Waals surface area contributed by atoms with Crippen molar-refractivity contribution in [3.05, 3.63) is 62.8 Å². The third-order valence-corrected chi connectivity index (χ3v) is 5.80. The number of carbonyl (C=O) groups excluding carboxylic acids is 2. The average Bonchev–Trinajstić information content (AvgIpc) is 3.15. The first-order valence-electron chi connectivity index (χ1n) is 6.60. The molecular formula is C16H11BrN2O2S2. The van der Waals surface area contributed by atoms with E-state index in [4.69, 9.17) is 5.73 Å². The van der Waals surface area contributed by atoms with Gasteiger partial charge in [-0.25, -0.2) is 0 Å². The molecule has 3 aromatic rings. The van der Waals surface area contributed by atoms with Gasteiger partial charge in [0.2, 0.25) is 0 Å². The van der Waals surface area contributed by atoms with Crippen LogP contribution in [0.4, 0.5) is 5.00 Å². The van der Waals surface area contributed by atoms with E-state index in [2.05, 4.69) is 21.2 Å². The molecule has 0 bridgehead atoms. The van der Waals surface area contributed by atoms with Gasteiger partial charge >= 0.3 is 0 Å². The molecule has 2 heterocycles. The summed E-state index contributed by atoms with van der Waals surface area (Å²) in [7, 11) is 0. The van der Waals surface area contributed by atoms with Gasteiger partial charge in [-0.05, 0) is 39.7 Å². The van der Waals surface area contributed by atoms with E-state index in [0.29, 0.717) is 15.4 Å². The van der Waals surface area contributed by atoms with Gasteiger partial charge in [0, 0.05) is 4.88 Å². The highest BCUT2D eigenvalue weighted by atomic mass is 79.9. The van der Waals surface area contributed by atoms with Crippen LogP contribution in [-0.4, -0.2) is 11.8 Å². The Hall–Kier alpha value is -1.96. The summed E-state index contributed by atoms with van der Waals surface area (Å²) >= 11 is 5.98. The molecule has 0 atom stereocenters. The second kappa shape index (κ2) is 6.66. The number of nitrogens with one attached hydrogen (secondary N) is 1. The zero-order valence-corrected chi connectivity index (χ0v) is 14.9. The molecular weight excluding hydrogens is 396 g/mol. The Morgan fingerprint density at radius 3 is 2.39 bits per heavy atom. The fourth-order valence-electron chi connectivity index (χ4n) is 2.01. The molecule has 1 aromatic carbocycles. The molecule has 116 valence electrons. The Balaban J connectivity index is 1.93. The molecule has 0 unspecified atom stereocenters. The molecule has 4 nitrogen and oxygen atoms in total. The smallest absolute Gasteiger partial charge is 0.266 e. The predicted octanol–water partition coefficient (Wildman–Crippen LogP) is 4.59. The molecule has 7 heteroatoms. The van der Waals surface area contributed by atoms with E-state index >= 15 is 0 Å². The summed E-state index contributed by atoms with van der Waals surface area (Å²) in [6.45, 7) is 0. The van der Waals surface area contributed by atoms with Crippen molar-refractivity contribution >= 4 is 55.4 Å². The van der Waals surface area contributed by atoms with E-state index in [0.717, 1.165) is 14.2 Å². The molecule has 0 fully saturated rings. The van der Waals surface area contributed by atoms with E-state index in [9.17, 15) is 9.59 Å². The van der Waals surface area contributed by atoms with Crippen LogP contribution in [0.15, 0.2) is 52.3 Å². The van der Waals surface area contributed by atoms with Crippen molar-refractivity contribution in [3.8, 4) is 10.4 Å². The van der Waals surface area contributed by atoms with Gasteiger partial charge in [-0.3, -0.25) is 9.59 Å². The second-order valence-corrected chi connectivity index (χ2v) is 8.16. The summed E-state index contributed by atoms with van der Waals surface area (Å²) in [5.74, 6) is -0.823. The number of halogens is 1. The van der Waals surface area contributed by atoms with Gasteiger partial charge in [0.1, 0.15) is 5.00 Å². The lowest BCUT2D eigenvalue weighted by Gasteiger charge is -2.02. The molecule has 23 heavy (non-hydrogen) atoms. The van der Waals surface area contributed by atoms with Gasteiger partial charge in [-0.2, -0.15) is 0 Å². The van der Waals surface area contributed by atoms with Crippen LogP contribution in [0.1, 0.15) is 20.0 Å². The normalized spacial score (nSPS) is 10.5. The number of hydrogen-bond donors (Lipinski definition) is 2. The van der Waals surface area contributed by atoms with Crippen molar-refractivity contribution in [2.45, 2.75) is 0 Å². The third kappa shape index (κ3) is 3.52. The van der Waals surface area contributed by atoms with Gasteiger partial charge in [-0.1, -0.05) is 30.3 Å². The zero-order chi connectivity index (χ0) is 16.4. The predicted molar refractivity (Wildman–Crippen MR) is 98.2 cm³/mol. The third-order valence-electron chi connectivity index (χ3n) is 3.08. The number of thiophene rings is 2. The number of anilines is 1. The fraction of sp³-hybridized carbons (Fsp3) is 0. The van der Waals surface area contributed by atoms with Crippen LogP contribution in [0.2, 0.25) is 0 Å². The van der Waals surface area contributed by atoms with Gasteiger partial charge in [0.15, 0.2) is 0 Å². The first kappa shape index (κ1) is 15.9. The molecule has 2 aromatic heterocycles. The summed E-state index contributed by atoms with van der Waals surface area (Å²) in [5.41, 5.74) is 6.73. The van der Waals surface area contributed by atoms with Gasteiger partial charge in [-0.15, -0.1) is 22.7 Å². The van der Waals surface area contributed by atoms with Crippen molar-refractivity contribution < 1.29 is 9.59 Å². The quantitative estimate of drug-likeness (QED) is 0.664. The first-order chi connectivity index (χ1) is 11.0. The highest BCUT2D eigenvalue weighted by Gasteiger charge is 2.18. The Labute approximate surface area is 149 Å². The van der Waals surface area contributed by atoms with Crippen LogP contribution in [0, 0.1) is 0 Å². The maximum atomic E-state index is 12.3. The topological polar surface area (TPSA) is 72.2 Å². The number of rotatable bonds is 4. The van der Waals surface area contributed by atoms with Crippen LogP contribution in [0.5, 0.6) is 0 Å². The summed E-state index contributed by atoms with van der Waals surface area (Å²) in [6, 6.07) is 14.9. The van der Waals surface area contributed by atoms with E-state index in [1.54, 1.807) is 18.2 Å². The number of nitrogens with two attached hydrogens (primary N) is 1. The van der Waals surface area contributed by atoms with Crippen molar-refractivity contribution in [2.75, 3.05) is 5.32 Å². The highest BCUT2D eigenvalue weighted by molar-refractivity contribution is 9.11. The molecule has 0 spiro atoms. The number of amides is 2. The maximum absolute atomic E-state index is 12.3. The standard InChI is InChI=1S/C16H11BrN2O2S2/c17-13-7-6-11(22-13)15(21)19-16-10(14(18)20)8-12(23-16)9-4-2-1-3-5-9/h1-8H,(H2,18,20)(H,19,21). The van der Waals surface area contributed by atoms with Gasteiger partial charge in [0.05, 0.1) is 14.2 Å². The maximum Gasteiger partial charge on any atom is 0.266 e. The molecule has 0 aliphatic heterocycles. The Morgan fingerprint density at radius 1 is 1.04 bits per heavy atom. The largest absolute Gasteiger partial charge is 0.366 e. The summed E-state index contributed by atoms with van der Waals surface area (Å²) in [4.78, 5) is 25.4. The minimum Gasteiger partial charge on any atom is -0.366 e. The molecule has 0 aliphatic carbocycles. The number of carbonyl (C=O) groups is 2. The Morgan fingerprint density at radius 2 is 1.78 bits per heavy atom. The van der Waals surface area contributed by atoms with Crippen LogP contribution in [0.25, 0.3) is 10.4 Å². The van der Waals surface area contributed by atoms with E-state index in [-0.39, 0.29) is 5.91 Å². The van der Waals surface area contributed by atoms with E-state index in [1.807, 2.05) is 30.3 Å². The molecule has 3 rings (SSSR count). The van der Waals surface area contributed by atoms with Gasteiger partial charge < -0.3 is 11.1 Å². The SMILES string of the molecule is NC(=O)c1cc(-c2ccccc2)sc1NC(=O)c1ccc(Br)s1. The second-order valence-electron chi connectivity index (χ2n) is 4.64. The van der Waals surface area contributed by atoms with Crippen LogP contribution in [0.3, 0.4) is 0 Å². The number of benzene rings is 1. The number of primary amides is 1. The zero-order valence-electron chi connectivity index (χ0n) is 11.7. The lowest BCUT2D eigenvalue weighted by atomic mass is 10.1. The Bertz CT molecular complexity index is 871. The Kier molecular flexibility index (Phi) is 4.61. The van der Waals surface area contributed by atoms with Crippen molar-refractivity contribution in [3.63, 3.8) is 0 Å². The summed E-state index contributed by atoms with van der Waals surface area (Å²) in [6.07, 6.45) is 0. The molecule has 0 radical (unpaired) electrons. The molecule has 0 saturated carbocycles. The minimum atomic E-state index is -0.564. The molecule has 2 amide bonds. The minimum absolute atomic E-state index is 0.260. The lowest BCUT2D eigenvalue weighted by Crippen LogP contribution is -2.15. The molecule has 0 saturated heterocycles. The lowest BCUT2D eigenvalue weighted by molar-refractivity contribution is 0.100. The van der Waals surface area contributed by atoms with Crippen molar-refractivity contribution in [1.82, 2.24) is 0 Å². The van der Waals surface area contributed by atoms with Crippen LogP contribution >= 0.6 is 38.6 Å². The first-order valence-corrected chi connectivity index (χ1v) is 9.03.